The van der Waals surface area contributed by atoms with Crippen LogP contribution in [0.1, 0.15) is 78.5 Å². The molecule has 0 radical (unpaired) electrons. The third kappa shape index (κ3) is 4.29. The van der Waals surface area contributed by atoms with Crippen LogP contribution in [0, 0.1) is 0 Å². The van der Waals surface area contributed by atoms with E-state index in [-0.39, 0.29) is 23.3 Å². The normalized spacial score (nSPS) is 23.6. The topological polar surface area (TPSA) is 104 Å². The lowest BCUT2D eigenvalue weighted by atomic mass is 9.73. The van der Waals surface area contributed by atoms with Crippen molar-refractivity contribution in [2.24, 2.45) is 0 Å². The Bertz CT molecular complexity index is 1290. The van der Waals surface area contributed by atoms with Gasteiger partial charge in [0.15, 0.2) is 0 Å². The zero-order chi connectivity index (χ0) is 24.3. The van der Waals surface area contributed by atoms with Gasteiger partial charge in [-0.3, -0.25) is 9.59 Å². The number of rotatable bonds is 5. The van der Waals surface area contributed by atoms with Crippen molar-refractivity contribution in [2.75, 3.05) is 11.9 Å². The van der Waals surface area contributed by atoms with E-state index in [0.717, 1.165) is 28.8 Å². The summed E-state index contributed by atoms with van der Waals surface area (Å²) in [5.74, 6) is -0.712. The van der Waals surface area contributed by atoms with E-state index in [1.165, 1.54) is 0 Å². The third-order valence-electron chi connectivity index (χ3n) is 7.10. The molecule has 0 bridgehead atoms. The first kappa shape index (κ1) is 23.2. The predicted molar refractivity (Wildman–Crippen MR) is 132 cm³/mol. The number of halogens is 1. The smallest absolute Gasteiger partial charge is 0.264 e. The number of fused-ring (bicyclic) bond motifs is 1. The van der Waals surface area contributed by atoms with Crippen molar-refractivity contribution in [1.82, 2.24) is 10.0 Å². The maximum atomic E-state index is 12.6. The van der Waals surface area contributed by atoms with Gasteiger partial charge in [0.2, 0.25) is 15.9 Å². The molecular weight excluding hydrogens is 474 g/mol. The monoisotopic (exact) mass is 501 g/mol. The number of amides is 2. The Morgan fingerprint density at radius 1 is 1.12 bits per heavy atom. The van der Waals surface area contributed by atoms with Crippen LogP contribution in [0.3, 0.4) is 0 Å². The Kier molecular flexibility index (Phi) is 5.64. The number of carbonyl (C=O) groups is 2. The Balaban J connectivity index is 1.42. The summed E-state index contributed by atoms with van der Waals surface area (Å²) < 4.78 is 26.6. The minimum atomic E-state index is -3.61. The molecule has 7 nitrogen and oxygen atoms in total. The molecule has 1 aliphatic carbocycles. The second-order valence-corrected chi connectivity index (χ2v) is 12.5. The van der Waals surface area contributed by atoms with Crippen molar-refractivity contribution in [3.8, 4) is 0 Å². The average molecular weight is 502 g/mol. The highest BCUT2D eigenvalue weighted by Gasteiger charge is 2.38. The molecule has 2 aliphatic heterocycles. The summed E-state index contributed by atoms with van der Waals surface area (Å²) in [5, 5.41) is 6.62. The highest BCUT2D eigenvalue weighted by molar-refractivity contribution is 7.91. The fourth-order valence-electron chi connectivity index (χ4n) is 5.03. The van der Waals surface area contributed by atoms with Crippen LogP contribution >= 0.6 is 11.6 Å². The third-order valence-corrected chi connectivity index (χ3v) is 9.26. The fourth-order valence-corrected chi connectivity index (χ4v) is 6.57. The van der Waals surface area contributed by atoms with Crippen LogP contribution < -0.4 is 15.4 Å². The maximum absolute atomic E-state index is 12.6. The van der Waals surface area contributed by atoms with Gasteiger partial charge in [-0.05, 0) is 72.1 Å². The predicted octanol–water partition coefficient (Wildman–Crippen LogP) is 4.00. The highest BCUT2D eigenvalue weighted by Crippen LogP contribution is 2.46. The standard InChI is InChI=1S/C25H28ClN3O4S/c1-25(2)13-22(18-11-14(3-7-20(18)26)17-9-10-27-24(17)31)28-21-8-4-15(12-19(21)25)23(30)29-34(32,33)16-5-6-16/h3-4,7-8,11-12,16-17,22,28H,5-6,9-10,13H2,1-2H3,(H,27,31)(H,29,30). The maximum Gasteiger partial charge on any atom is 0.264 e. The van der Waals surface area contributed by atoms with Gasteiger partial charge in [-0.1, -0.05) is 37.6 Å². The molecule has 2 unspecified atom stereocenters. The second kappa shape index (κ2) is 8.27. The first-order valence-corrected chi connectivity index (χ1v) is 13.5. The first-order chi connectivity index (χ1) is 16.0. The lowest BCUT2D eigenvalue weighted by Gasteiger charge is -2.39. The van der Waals surface area contributed by atoms with Crippen molar-refractivity contribution < 1.29 is 18.0 Å². The lowest BCUT2D eigenvalue weighted by Crippen LogP contribution is -2.34. The van der Waals surface area contributed by atoms with Gasteiger partial charge in [0.1, 0.15) is 0 Å². The van der Waals surface area contributed by atoms with Crippen LogP contribution in [0.5, 0.6) is 0 Å². The van der Waals surface area contributed by atoms with Gasteiger partial charge in [0.25, 0.3) is 5.91 Å². The van der Waals surface area contributed by atoms with Crippen LogP contribution in [0.2, 0.25) is 5.02 Å². The number of hydrogen-bond acceptors (Lipinski definition) is 5. The molecule has 9 heteroatoms. The summed E-state index contributed by atoms with van der Waals surface area (Å²) in [6.07, 6.45) is 2.68. The van der Waals surface area contributed by atoms with E-state index in [1.54, 1.807) is 12.1 Å². The molecule has 2 atom stereocenters. The zero-order valence-corrected chi connectivity index (χ0v) is 20.7. The van der Waals surface area contributed by atoms with Crippen molar-refractivity contribution in [2.45, 2.75) is 62.2 Å². The number of hydrogen-bond donors (Lipinski definition) is 3. The van der Waals surface area contributed by atoms with Gasteiger partial charge >= 0.3 is 0 Å². The van der Waals surface area contributed by atoms with Crippen molar-refractivity contribution in [1.29, 1.82) is 0 Å². The molecule has 2 amide bonds. The minimum absolute atomic E-state index is 0.0463. The first-order valence-electron chi connectivity index (χ1n) is 11.6. The van der Waals surface area contributed by atoms with Crippen molar-refractivity contribution in [3.63, 3.8) is 0 Å². The number of anilines is 1. The molecule has 2 heterocycles. The number of sulfonamides is 1. The van der Waals surface area contributed by atoms with E-state index >= 15 is 0 Å². The SMILES string of the molecule is CC1(C)CC(c2cc(C3CCNC3=O)ccc2Cl)Nc2ccc(C(=O)NS(=O)(=O)C3CC3)cc21. The van der Waals surface area contributed by atoms with E-state index in [2.05, 4.69) is 29.2 Å². The molecule has 2 fully saturated rings. The molecule has 2 aromatic rings. The molecule has 0 aromatic heterocycles. The molecule has 180 valence electrons. The molecule has 34 heavy (non-hydrogen) atoms. The molecule has 1 saturated heterocycles. The Hall–Kier alpha value is -2.58. The Labute approximate surface area is 204 Å². The second-order valence-electron chi connectivity index (χ2n) is 10.1. The Morgan fingerprint density at radius 2 is 1.88 bits per heavy atom. The fraction of sp³-hybridized carbons (Fsp3) is 0.440. The van der Waals surface area contributed by atoms with Gasteiger partial charge in [-0.15, -0.1) is 0 Å². The lowest BCUT2D eigenvalue weighted by molar-refractivity contribution is -0.120. The minimum Gasteiger partial charge on any atom is -0.378 e. The van der Waals surface area contributed by atoms with Gasteiger partial charge < -0.3 is 10.6 Å². The average Bonchev–Trinajstić information content (AvgIpc) is 3.56. The molecule has 3 N–H and O–H groups in total. The Morgan fingerprint density at radius 3 is 2.56 bits per heavy atom. The molecule has 3 aliphatic rings. The quantitative estimate of drug-likeness (QED) is 0.574. The van der Waals surface area contributed by atoms with Crippen LogP contribution in [-0.4, -0.2) is 32.0 Å². The summed E-state index contributed by atoms with van der Waals surface area (Å²) in [7, 11) is -3.61. The number of nitrogens with one attached hydrogen (secondary N) is 3. The largest absolute Gasteiger partial charge is 0.378 e. The van der Waals surface area contributed by atoms with Crippen molar-refractivity contribution in [3.05, 3.63) is 63.7 Å². The molecule has 2 aromatic carbocycles. The van der Waals surface area contributed by atoms with E-state index in [4.69, 9.17) is 11.6 Å². The molecular formula is C25H28ClN3O4S. The van der Waals surface area contributed by atoms with Gasteiger partial charge in [-0.2, -0.15) is 0 Å². The molecule has 0 spiro atoms. The zero-order valence-electron chi connectivity index (χ0n) is 19.2. The van der Waals surface area contributed by atoms with Crippen LogP contribution in [-0.2, 0) is 20.2 Å². The van der Waals surface area contributed by atoms with Crippen LogP contribution in [0.25, 0.3) is 0 Å². The van der Waals surface area contributed by atoms with E-state index in [1.807, 2.05) is 24.3 Å². The van der Waals surface area contributed by atoms with Gasteiger partial charge in [-0.25, -0.2) is 13.1 Å². The van der Waals surface area contributed by atoms with E-state index in [0.29, 0.717) is 36.4 Å². The van der Waals surface area contributed by atoms with E-state index in [9.17, 15) is 18.0 Å². The van der Waals surface area contributed by atoms with Gasteiger partial charge in [0.05, 0.1) is 17.2 Å². The summed E-state index contributed by atoms with van der Waals surface area (Å²) >= 11 is 6.60. The summed E-state index contributed by atoms with van der Waals surface area (Å²) in [4.78, 5) is 24.8. The number of carbonyl (C=O) groups excluding carboxylic acids is 2. The van der Waals surface area contributed by atoms with Gasteiger partial charge in [0, 0.05) is 22.8 Å². The van der Waals surface area contributed by atoms with Crippen LogP contribution in [0.4, 0.5) is 5.69 Å². The highest BCUT2D eigenvalue weighted by atomic mass is 35.5. The summed E-state index contributed by atoms with van der Waals surface area (Å²) in [6, 6.07) is 11.0. The summed E-state index contributed by atoms with van der Waals surface area (Å²) in [5.41, 5.74) is 3.74. The van der Waals surface area contributed by atoms with Crippen molar-refractivity contribution >= 4 is 39.1 Å². The van der Waals surface area contributed by atoms with Crippen LogP contribution in [0.15, 0.2) is 36.4 Å². The van der Waals surface area contributed by atoms with E-state index < -0.39 is 21.2 Å². The number of benzene rings is 2. The summed E-state index contributed by atoms with van der Waals surface area (Å²) in [6.45, 7) is 4.89. The molecule has 1 saturated carbocycles. The molecule has 5 rings (SSSR count).